The van der Waals surface area contributed by atoms with Crippen molar-refractivity contribution < 1.29 is 14.6 Å². The summed E-state index contributed by atoms with van der Waals surface area (Å²) < 4.78 is 7.29. The van der Waals surface area contributed by atoms with Crippen molar-refractivity contribution in [3.05, 3.63) is 65.2 Å². The van der Waals surface area contributed by atoms with E-state index in [1.165, 1.54) is 11.3 Å². The number of methoxy groups -OCH3 is 1. The summed E-state index contributed by atoms with van der Waals surface area (Å²) in [6.07, 6.45) is 1.94. The summed E-state index contributed by atoms with van der Waals surface area (Å²) in [5.74, 6) is -0.0740. The summed E-state index contributed by atoms with van der Waals surface area (Å²) in [4.78, 5) is 17.6. The highest BCUT2D eigenvalue weighted by atomic mass is 32.1. The molecule has 27 heavy (non-hydrogen) atoms. The molecule has 0 unspecified atom stereocenters. The van der Waals surface area contributed by atoms with Gasteiger partial charge in [-0.1, -0.05) is 42.0 Å². The smallest absolute Gasteiger partial charge is 0.308 e. The Morgan fingerprint density at radius 2 is 1.96 bits per heavy atom. The molecule has 2 heterocycles. The van der Waals surface area contributed by atoms with E-state index < -0.39 is 5.97 Å². The number of hydrogen-bond acceptors (Lipinski definition) is 4. The lowest BCUT2D eigenvalue weighted by Gasteiger charge is -2.05. The highest BCUT2D eigenvalue weighted by Gasteiger charge is 2.19. The first kappa shape index (κ1) is 17.3. The highest BCUT2D eigenvalue weighted by Crippen LogP contribution is 2.35. The molecule has 2 aromatic carbocycles. The van der Waals surface area contributed by atoms with Crippen molar-refractivity contribution in [2.24, 2.45) is 0 Å². The number of ether oxygens (including phenoxy) is 1. The predicted molar refractivity (Wildman–Crippen MR) is 107 cm³/mol. The Kier molecular flexibility index (Phi) is 4.41. The van der Waals surface area contributed by atoms with E-state index in [0.717, 1.165) is 43.7 Å². The van der Waals surface area contributed by atoms with Crippen molar-refractivity contribution >= 4 is 22.3 Å². The van der Waals surface area contributed by atoms with E-state index in [9.17, 15) is 9.90 Å². The number of nitrogens with zero attached hydrogens (tertiary/aromatic N) is 2. The van der Waals surface area contributed by atoms with E-state index in [-0.39, 0.29) is 6.42 Å². The van der Waals surface area contributed by atoms with Crippen LogP contribution in [0.3, 0.4) is 0 Å². The van der Waals surface area contributed by atoms with Gasteiger partial charge in [-0.15, -0.1) is 11.3 Å². The number of aromatic nitrogens is 2. The lowest BCUT2D eigenvalue weighted by molar-refractivity contribution is -0.136. The molecule has 0 aliphatic carbocycles. The Morgan fingerprint density at radius 1 is 1.19 bits per heavy atom. The summed E-state index contributed by atoms with van der Waals surface area (Å²) in [7, 11) is 1.64. The maximum atomic E-state index is 11.3. The molecule has 2 aromatic heterocycles. The minimum Gasteiger partial charge on any atom is -0.497 e. The molecule has 0 saturated heterocycles. The van der Waals surface area contributed by atoms with Crippen molar-refractivity contribution in [3.63, 3.8) is 0 Å². The lowest BCUT2D eigenvalue weighted by Crippen LogP contribution is -2.00. The second-order valence-corrected chi connectivity index (χ2v) is 7.38. The van der Waals surface area contributed by atoms with E-state index in [0.29, 0.717) is 0 Å². The zero-order chi connectivity index (χ0) is 19.0. The number of aryl methyl sites for hydroxylation is 1. The zero-order valence-electron chi connectivity index (χ0n) is 15.0. The molecule has 0 saturated carbocycles. The van der Waals surface area contributed by atoms with Crippen molar-refractivity contribution in [1.82, 2.24) is 9.38 Å². The Labute approximate surface area is 160 Å². The van der Waals surface area contributed by atoms with Gasteiger partial charge in [0.05, 0.1) is 24.9 Å². The molecule has 0 amide bonds. The number of carbonyl (C=O) groups is 1. The molecule has 0 spiro atoms. The van der Waals surface area contributed by atoms with E-state index >= 15 is 0 Å². The van der Waals surface area contributed by atoms with Gasteiger partial charge in [0.25, 0.3) is 0 Å². The molecule has 4 rings (SSSR count). The predicted octanol–water partition coefficient (Wildman–Crippen LogP) is 4.67. The number of carboxylic acid groups (broad SMARTS) is 1. The number of hydrogen-bond donors (Lipinski definition) is 1. The first-order chi connectivity index (χ1) is 13.0. The zero-order valence-corrected chi connectivity index (χ0v) is 15.8. The Morgan fingerprint density at radius 3 is 2.67 bits per heavy atom. The minimum atomic E-state index is -0.846. The van der Waals surface area contributed by atoms with Gasteiger partial charge in [0.15, 0.2) is 4.96 Å². The van der Waals surface area contributed by atoms with Gasteiger partial charge in [0.1, 0.15) is 5.75 Å². The van der Waals surface area contributed by atoms with E-state index in [2.05, 4.69) is 0 Å². The van der Waals surface area contributed by atoms with Crippen LogP contribution in [0.4, 0.5) is 0 Å². The van der Waals surface area contributed by atoms with Crippen LogP contribution >= 0.6 is 11.3 Å². The number of aliphatic carboxylic acids is 1. The average Bonchev–Trinajstić information content (AvgIpc) is 3.20. The fraction of sp³-hybridized carbons (Fsp3) is 0.143. The monoisotopic (exact) mass is 378 g/mol. The van der Waals surface area contributed by atoms with Crippen molar-refractivity contribution in [1.29, 1.82) is 0 Å². The normalized spacial score (nSPS) is 11.0. The first-order valence-electron chi connectivity index (χ1n) is 8.49. The van der Waals surface area contributed by atoms with Gasteiger partial charge >= 0.3 is 5.97 Å². The highest BCUT2D eigenvalue weighted by molar-refractivity contribution is 7.17. The second-order valence-electron chi connectivity index (χ2n) is 6.32. The molecule has 0 bridgehead atoms. The van der Waals surface area contributed by atoms with Gasteiger partial charge in [-0.25, -0.2) is 4.98 Å². The maximum Gasteiger partial charge on any atom is 0.308 e. The van der Waals surface area contributed by atoms with Crippen LogP contribution < -0.4 is 4.74 Å². The Hall–Kier alpha value is -3.12. The fourth-order valence-electron chi connectivity index (χ4n) is 3.08. The van der Waals surface area contributed by atoms with E-state index in [1.807, 2.05) is 66.1 Å². The van der Waals surface area contributed by atoms with Gasteiger partial charge < -0.3 is 9.84 Å². The number of thiazole rings is 1. The van der Waals surface area contributed by atoms with Crippen molar-refractivity contribution in [2.45, 2.75) is 13.3 Å². The second kappa shape index (κ2) is 6.89. The van der Waals surface area contributed by atoms with E-state index in [4.69, 9.17) is 9.72 Å². The largest absolute Gasteiger partial charge is 0.497 e. The first-order valence-corrected chi connectivity index (χ1v) is 9.31. The van der Waals surface area contributed by atoms with Crippen molar-refractivity contribution in [3.8, 4) is 28.3 Å². The molecule has 1 N–H and O–H groups in total. The number of rotatable bonds is 5. The Bertz CT molecular complexity index is 1130. The molecule has 0 atom stereocenters. The number of fused-ring (bicyclic) bond motifs is 1. The molecule has 0 radical (unpaired) electrons. The van der Waals surface area contributed by atoms with Gasteiger partial charge in [-0.3, -0.25) is 9.20 Å². The summed E-state index contributed by atoms with van der Waals surface area (Å²) in [5, 5.41) is 9.30. The summed E-state index contributed by atoms with van der Waals surface area (Å²) in [6, 6.07) is 15.9. The summed E-state index contributed by atoms with van der Waals surface area (Å²) >= 11 is 1.42. The van der Waals surface area contributed by atoms with Crippen LogP contribution in [0.15, 0.2) is 54.7 Å². The third kappa shape index (κ3) is 3.31. The van der Waals surface area contributed by atoms with Gasteiger partial charge in [0, 0.05) is 16.6 Å². The van der Waals surface area contributed by atoms with Crippen LogP contribution in [0.5, 0.6) is 5.75 Å². The van der Waals surface area contributed by atoms with Gasteiger partial charge in [-0.05, 0) is 24.6 Å². The fourth-order valence-corrected chi connectivity index (χ4v) is 4.19. The number of benzene rings is 2. The van der Waals surface area contributed by atoms with Crippen LogP contribution in [0.25, 0.3) is 27.5 Å². The van der Waals surface area contributed by atoms with Gasteiger partial charge in [-0.2, -0.15) is 0 Å². The lowest BCUT2D eigenvalue weighted by atomic mass is 10.1. The van der Waals surface area contributed by atoms with Gasteiger partial charge in [0.2, 0.25) is 0 Å². The van der Waals surface area contributed by atoms with Crippen LogP contribution in [0.2, 0.25) is 0 Å². The molecule has 5 nitrogen and oxygen atoms in total. The molecule has 0 aliphatic rings. The van der Waals surface area contributed by atoms with E-state index in [1.54, 1.807) is 7.11 Å². The summed E-state index contributed by atoms with van der Waals surface area (Å²) in [6.45, 7) is 2.03. The molecular weight excluding hydrogens is 360 g/mol. The van der Waals surface area contributed by atoms with Crippen molar-refractivity contribution in [2.75, 3.05) is 7.11 Å². The third-order valence-corrected chi connectivity index (χ3v) is 5.45. The molecule has 136 valence electrons. The quantitative estimate of drug-likeness (QED) is 0.548. The minimum absolute atomic E-state index is 0.0221. The standard InChI is InChI=1S/C21H18N2O3S/c1-13-6-8-14(9-7-13)20-18(11-19(24)25)27-21-22-17(12-23(20)21)15-4-3-5-16(10-15)26-2/h3-10,12H,11H2,1-2H3,(H,24,25). The molecule has 4 aromatic rings. The maximum absolute atomic E-state index is 11.3. The molecule has 0 aliphatic heterocycles. The summed E-state index contributed by atoms with van der Waals surface area (Å²) in [5.41, 5.74) is 4.82. The Balaban J connectivity index is 1.88. The van der Waals surface area contributed by atoms with Crippen LogP contribution in [0.1, 0.15) is 10.4 Å². The number of carboxylic acids is 1. The SMILES string of the molecule is COc1cccc(-c2cn3c(-c4ccc(C)cc4)c(CC(=O)O)sc3n2)c1. The molecule has 0 fully saturated rings. The third-order valence-electron chi connectivity index (χ3n) is 4.40. The molecular formula is C21H18N2O3S. The topological polar surface area (TPSA) is 63.8 Å². The average molecular weight is 378 g/mol. The van der Waals surface area contributed by atoms with Crippen LogP contribution in [-0.4, -0.2) is 27.6 Å². The van der Waals surface area contributed by atoms with Crippen LogP contribution in [0, 0.1) is 6.92 Å². The number of imidazole rings is 1. The molecule has 6 heteroatoms. The van der Waals surface area contributed by atoms with Crippen LogP contribution in [-0.2, 0) is 11.2 Å².